The molecule has 1 amide bonds. The van der Waals surface area contributed by atoms with Gasteiger partial charge >= 0.3 is 0 Å². The fourth-order valence-electron chi connectivity index (χ4n) is 2.95. The van der Waals surface area contributed by atoms with Gasteiger partial charge in [0.2, 0.25) is 6.41 Å². The Morgan fingerprint density at radius 1 is 1.29 bits per heavy atom. The van der Waals surface area contributed by atoms with Gasteiger partial charge in [-0.2, -0.15) is 0 Å². The maximum Gasteiger partial charge on any atom is 0.211 e. The van der Waals surface area contributed by atoms with Gasteiger partial charge in [0.15, 0.2) is 0 Å². The Labute approximate surface area is 164 Å². The molecule has 1 fully saturated rings. The summed E-state index contributed by atoms with van der Waals surface area (Å²) in [4.78, 5) is 19.6. The minimum absolute atomic E-state index is 0.00106. The molecule has 2 heterocycles. The summed E-state index contributed by atoms with van der Waals surface area (Å²) < 4.78 is 24.7. The van der Waals surface area contributed by atoms with Crippen molar-refractivity contribution in [2.75, 3.05) is 23.8 Å². The molecule has 4 rings (SSSR count). The molecular formula is C19H16ClFN4O3. The Hall–Kier alpha value is -2.97. The number of anilines is 3. The lowest BCUT2D eigenvalue weighted by Crippen LogP contribution is -2.16. The van der Waals surface area contributed by atoms with Gasteiger partial charge in [0.1, 0.15) is 29.8 Å². The zero-order chi connectivity index (χ0) is 19.5. The van der Waals surface area contributed by atoms with Gasteiger partial charge in [0, 0.05) is 23.6 Å². The lowest BCUT2D eigenvalue weighted by atomic mass is 10.1. The number of halogens is 2. The fourth-order valence-corrected chi connectivity index (χ4v) is 3.13. The van der Waals surface area contributed by atoms with Crippen LogP contribution < -0.4 is 15.4 Å². The SMILES string of the molecule is O=CNc1cc2c(Nc3ccc(F)c(Cl)c3)ncnc2cc1OC1CCOC1. The van der Waals surface area contributed by atoms with Crippen LogP contribution in [0.25, 0.3) is 10.9 Å². The monoisotopic (exact) mass is 402 g/mol. The van der Waals surface area contributed by atoms with Crippen molar-refractivity contribution in [1.29, 1.82) is 0 Å². The summed E-state index contributed by atoms with van der Waals surface area (Å²) >= 11 is 5.84. The van der Waals surface area contributed by atoms with E-state index in [1.165, 1.54) is 18.5 Å². The van der Waals surface area contributed by atoms with E-state index in [0.29, 0.717) is 53.5 Å². The molecule has 1 unspecified atom stereocenters. The highest BCUT2D eigenvalue weighted by Crippen LogP contribution is 2.34. The number of rotatable bonds is 6. The van der Waals surface area contributed by atoms with Gasteiger partial charge in [-0.15, -0.1) is 0 Å². The van der Waals surface area contributed by atoms with E-state index < -0.39 is 5.82 Å². The van der Waals surface area contributed by atoms with Gasteiger partial charge in [-0.3, -0.25) is 4.79 Å². The van der Waals surface area contributed by atoms with E-state index in [2.05, 4.69) is 20.6 Å². The summed E-state index contributed by atoms with van der Waals surface area (Å²) in [6, 6.07) is 7.75. The van der Waals surface area contributed by atoms with Crippen LogP contribution in [0.4, 0.5) is 21.6 Å². The number of nitrogens with zero attached hydrogens (tertiary/aromatic N) is 2. The van der Waals surface area contributed by atoms with Crippen LogP contribution >= 0.6 is 11.6 Å². The highest BCUT2D eigenvalue weighted by Gasteiger charge is 2.20. The van der Waals surface area contributed by atoms with Crippen molar-refractivity contribution in [3.8, 4) is 5.75 Å². The van der Waals surface area contributed by atoms with Gasteiger partial charge in [-0.25, -0.2) is 14.4 Å². The van der Waals surface area contributed by atoms with Crippen LogP contribution in [0.1, 0.15) is 6.42 Å². The number of aromatic nitrogens is 2. The maximum atomic E-state index is 13.4. The number of fused-ring (bicyclic) bond motifs is 1. The molecule has 2 aromatic carbocycles. The van der Waals surface area contributed by atoms with Crippen LogP contribution in [0.5, 0.6) is 5.75 Å². The molecule has 144 valence electrons. The van der Waals surface area contributed by atoms with Crippen LogP contribution in [0.3, 0.4) is 0 Å². The van der Waals surface area contributed by atoms with Crippen LogP contribution in [-0.4, -0.2) is 35.7 Å². The van der Waals surface area contributed by atoms with Crippen LogP contribution in [0.2, 0.25) is 5.02 Å². The van der Waals surface area contributed by atoms with Gasteiger partial charge in [0.05, 0.1) is 29.4 Å². The molecule has 28 heavy (non-hydrogen) atoms. The quantitative estimate of drug-likeness (QED) is 0.608. The Bertz CT molecular complexity index is 1030. The highest BCUT2D eigenvalue weighted by molar-refractivity contribution is 6.31. The molecule has 7 nitrogen and oxygen atoms in total. The number of carbonyl (C=O) groups excluding carboxylic acids is 1. The van der Waals surface area contributed by atoms with Crippen molar-refractivity contribution in [1.82, 2.24) is 9.97 Å². The Balaban J connectivity index is 1.72. The van der Waals surface area contributed by atoms with E-state index in [4.69, 9.17) is 21.1 Å². The molecule has 0 radical (unpaired) electrons. The number of nitrogens with one attached hydrogen (secondary N) is 2. The van der Waals surface area contributed by atoms with Crippen LogP contribution in [0.15, 0.2) is 36.7 Å². The predicted molar refractivity (Wildman–Crippen MR) is 104 cm³/mol. The summed E-state index contributed by atoms with van der Waals surface area (Å²) in [5, 5.41) is 6.40. The van der Waals surface area contributed by atoms with E-state index in [-0.39, 0.29) is 11.1 Å². The third-order valence-electron chi connectivity index (χ3n) is 4.31. The molecule has 0 saturated carbocycles. The van der Waals surface area contributed by atoms with Crippen molar-refractivity contribution in [2.24, 2.45) is 0 Å². The Morgan fingerprint density at radius 3 is 2.93 bits per heavy atom. The third-order valence-corrected chi connectivity index (χ3v) is 4.60. The number of carbonyl (C=O) groups is 1. The molecule has 2 N–H and O–H groups in total. The van der Waals surface area contributed by atoms with E-state index in [0.717, 1.165) is 6.42 Å². The molecule has 0 aliphatic carbocycles. The minimum Gasteiger partial charge on any atom is -0.486 e. The smallest absolute Gasteiger partial charge is 0.211 e. The Morgan fingerprint density at radius 2 is 2.18 bits per heavy atom. The van der Waals surface area contributed by atoms with Crippen LogP contribution in [0, 0.1) is 5.82 Å². The molecule has 1 aliphatic heterocycles. The van der Waals surface area contributed by atoms with Gasteiger partial charge < -0.3 is 20.1 Å². The molecule has 1 saturated heterocycles. The van der Waals surface area contributed by atoms with E-state index in [9.17, 15) is 9.18 Å². The third kappa shape index (κ3) is 3.83. The average Bonchev–Trinajstić information content (AvgIpc) is 3.19. The van der Waals surface area contributed by atoms with Crippen molar-refractivity contribution in [3.05, 3.63) is 47.5 Å². The normalized spacial score (nSPS) is 16.1. The van der Waals surface area contributed by atoms with Crippen LogP contribution in [-0.2, 0) is 9.53 Å². The summed E-state index contributed by atoms with van der Waals surface area (Å²) in [6.45, 7) is 1.14. The largest absolute Gasteiger partial charge is 0.486 e. The van der Waals surface area contributed by atoms with Gasteiger partial charge in [0.25, 0.3) is 0 Å². The molecular weight excluding hydrogens is 387 g/mol. The molecule has 1 aliphatic rings. The molecule has 1 atom stereocenters. The van der Waals surface area contributed by atoms with E-state index in [1.54, 1.807) is 18.2 Å². The predicted octanol–water partition coefficient (Wildman–Crippen LogP) is 3.90. The minimum atomic E-state index is -0.505. The van der Waals surface area contributed by atoms with Crippen molar-refractivity contribution >= 4 is 46.1 Å². The first-order valence-corrected chi connectivity index (χ1v) is 8.97. The number of hydrogen-bond donors (Lipinski definition) is 2. The number of hydrogen-bond acceptors (Lipinski definition) is 6. The first-order valence-electron chi connectivity index (χ1n) is 8.59. The summed E-state index contributed by atoms with van der Waals surface area (Å²) in [6.07, 6.45) is 2.69. The maximum absolute atomic E-state index is 13.4. The molecule has 1 aromatic heterocycles. The average molecular weight is 403 g/mol. The first-order chi connectivity index (χ1) is 13.6. The summed E-state index contributed by atoms with van der Waals surface area (Å²) in [7, 11) is 0. The number of amides is 1. The zero-order valence-corrected chi connectivity index (χ0v) is 15.4. The lowest BCUT2D eigenvalue weighted by Gasteiger charge is -2.17. The Kier molecular flexibility index (Phi) is 5.23. The second kappa shape index (κ2) is 7.95. The molecule has 0 bridgehead atoms. The van der Waals surface area contributed by atoms with E-state index in [1.807, 2.05) is 0 Å². The van der Waals surface area contributed by atoms with Gasteiger partial charge in [-0.05, 0) is 24.3 Å². The van der Waals surface area contributed by atoms with Crippen molar-refractivity contribution < 1.29 is 18.7 Å². The fraction of sp³-hybridized carbons (Fsp3) is 0.211. The highest BCUT2D eigenvalue weighted by atomic mass is 35.5. The molecule has 3 aromatic rings. The second-order valence-electron chi connectivity index (χ2n) is 6.21. The second-order valence-corrected chi connectivity index (χ2v) is 6.61. The van der Waals surface area contributed by atoms with Crippen molar-refractivity contribution in [3.63, 3.8) is 0 Å². The number of benzene rings is 2. The summed E-state index contributed by atoms with van der Waals surface area (Å²) in [5.74, 6) is 0.483. The number of ether oxygens (including phenoxy) is 2. The zero-order valence-electron chi connectivity index (χ0n) is 14.6. The standard InChI is InChI=1S/C19H16ClFN4O3/c20-14-5-11(1-2-15(14)21)25-19-13-6-17(24-10-26)18(7-16(13)22-9-23-19)28-12-3-4-27-8-12/h1-2,5-7,9-10,12H,3-4,8H2,(H,24,26)(H,22,23,25). The molecule has 9 heteroatoms. The van der Waals surface area contributed by atoms with Crippen molar-refractivity contribution in [2.45, 2.75) is 12.5 Å². The van der Waals surface area contributed by atoms with E-state index >= 15 is 0 Å². The summed E-state index contributed by atoms with van der Waals surface area (Å²) in [5.41, 5.74) is 1.68. The lowest BCUT2D eigenvalue weighted by molar-refractivity contribution is -0.105. The van der Waals surface area contributed by atoms with Gasteiger partial charge in [-0.1, -0.05) is 11.6 Å². The topological polar surface area (TPSA) is 85.4 Å². The first kappa shape index (κ1) is 18.4. The molecule has 0 spiro atoms.